The second-order valence-electron chi connectivity index (χ2n) is 4.26. The lowest BCUT2D eigenvalue weighted by Gasteiger charge is -2.03. The van der Waals surface area contributed by atoms with Gasteiger partial charge in [-0.2, -0.15) is 0 Å². The second kappa shape index (κ2) is 6.47. The summed E-state index contributed by atoms with van der Waals surface area (Å²) in [4.78, 5) is 15.5. The van der Waals surface area contributed by atoms with Crippen LogP contribution in [0.3, 0.4) is 0 Å². The summed E-state index contributed by atoms with van der Waals surface area (Å²) in [5.74, 6) is 0.189. The zero-order valence-corrected chi connectivity index (χ0v) is 11.0. The van der Waals surface area contributed by atoms with Gasteiger partial charge in [0.25, 0.3) is 0 Å². The summed E-state index contributed by atoms with van der Waals surface area (Å²) < 4.78 is 0. The summed E-state index contributed by atoms with van der Waals surface area (Å²) in [7, 11) is 0. The molecule has 0 spiro atoms. The van der Waals surface area contributed by atoms with Gasteiger partial charge in [-0.25, -0.2) is 0 Å². The van der Waals surface area contributed by atoms with E-state index in [0.717, 1.165) is 11.1 Å². The summed E-state index contributed by atoms with van der Waals surface area (Å²) in [5.41, 5.74) is 2.75. The van der Waals surface area contributed by atoms with Gasteiger partial charge in [-0.05, 0) is 41.9 Å². The number of nitrogens with zero attached hydrogens (tertiary/aromatic N) is 2. The minimum absolute atomic E-state index is 0.189. The first kappa shape index (κ1) is 13.7. The van der Waals surface area contributed by atoms with Gasteiger partial charge in [-0.1, -0.05) is 29.4 Å². The molecule has 20 heavy (non-hydrogen) atoms. The molecule has 5 nitrogen and oxygen atoms in total. The highest BCUT2D eigenvalue weighted by molar-refractivity contribution is 5.98. The van der Waals surface area contributed by atoms with Crippen LogP contribution in [0.1, 0.15) is 18.1 Å². The van der Waals surface area contributed by atoms with Crippen molar-refractivity contribution in [3.05, 3.63) is 64.6 Å². The number of nitroso groups, excluding NO2 is 1. The molecule has 0 aromatic heterocycles. The standard InChI is InChI=1S/C15H14N2O3/c1-11(13-3-2-4-15(18)9-13)17-20-10-12-5-7-14(16-19)8-6-12/h2-9,18H,10H2,1H3/b17-11+. The van der Waals surface area contributed by atoms with Gasteiger partial charge >= 0.3 is 0 Å². The van der Waals surface area contributed by atoms with Crippen molar-refractivity contribution in [2.75, 3.05) is 0 Å². The highest BCUT2D eigenvalue weighted by Crippen LogP contribution is 2.14. The highest BCUT2D eigenvalue weighted by Gasteiger charge is 2.00. The van der Waals surface area contributed by atoms with Crippen molar-refractivity contribution < 1.29 is 9.94 Å². The van der Waals surface area contributed by atoms with E-state index in [1.807, 2.05) is 6.07 Å². The Balaban J connectivity index is 1.96. The quantitative estimate of drug-likeness (QED) is 0.511. The minimum Gasteiger partial charge on any atom is -0.508 e. The Hall–Kier alpha value is -2.69. The predicted octanol–water partition coefficient (Wildman–Crippen LogP) is 3.73. The van der Waals surface area contributed by atoms with Gasteiger partial charge in [-0.15, -0.1) is 4.91 Å². The van der Waals surface area contributed by atoms with Gasteiger partial charge in [0, 0.05) is 5.56 Å². The normalized spacial score (nSPS) is 11.2. The molecule has 5 heteroatoms. The molecule has 2 aromatic carbocycles. The number of hydrogen-bond acceptors (Lipinski definition) is 5. The fraction of sp³-hybridized carbons (Fsp3) is 0.133. The van der Waals surface area contributed by atoms with E-state index in [-0.39, 0.29) is 5.75 Å². The molecule has 1 N–H and O–H groups in total. The highest BCUT2D eigenvalue weighted by atomic mass is 16.6. The number of phenolic OH excluding ortho intramolecular Hbond substituents is 1. The molecule has 0 saturated heterocycles. The number of hydrogen-bond donors (Lipinski definition) is 1. The average Bonchev–Trinajstić information content (AvgIpc) is 2.48. The number of rotatable bonds is 5. The van der Waals surface area contributed by atoms with E-state index in [4.69, 9.17) is 4.84 Å². The van der Waals surface area contributed by atoms with E-state index in [9.17, 15) is 10.0 Å². The molecule has 0 heterocycles. The Morgan fingerprint density at radius 2 is 1.95 bits per heavy atom. The summed E-state index contributed by atoms with van der Waals surface area (Å²) >= 11 is 0. The average molecular weight is 270 g/mol. The largest absolute Gasteiger partial charge is 0.508 e. The zero-order valence-electron chi connectivity index (χ0n) is 11.0. The maximum atomic E-state index is 10.3. The molecule has 0 aliphatic heterocycles. The van der Waals surface area contributed by atoms with Crippen LogP contribution < -0.4 is 0 Å². The van der Waals surface area contributed by atoms with Crippen LogP contribution in [-0.2, 0) is 11.4 Å². The Morgan fingerprint density at radius 3 is 2.60 bits per heavy atom. The Morgan fingerprint density at radius 1 is 1.20 bits per heavy atom. The monoisotopic (exact) mass is 270 g/mol. The first-order valence-corrected chi connectivity index (χ1v) is 6.07. The summed E-state index contributed by atoms with van der Waals surface area (Å²) in [6.07, 6.45) is 0. The molecule has 2 rings (SSSR count). The molecule has 0 radical (unpaired) electrons. The van der Waals surface area contributed by atoms with Crippen molar-refractivity contribution in [3.63, 3.8) is 0 Å². The third-order valence-corrected chi connectivity index (χ3v) is 2.74. The van der Waals surface area contributed by atoms with Gasteiger partial charge < -0.3 is 9.94 Å². The van der Waals surface area contributed by atoms with Gasteiger partial charge in [0.15, 0.2) is 0 Å². The fourth-order valence-corrected chi connectivity index (χ4v) is 1.64. The van der Waals surface area contributed by atoms with Gasteiger partial charge in [-0.3, -0.25) is 0 Å². The molecule has 0 fully saturated rings. The van der Waals surface area contributed by atoms with Crippen LogP contribution in [0.15, 0.2) is 58.9 Å². The summed E-state index contributed by atoms with van der Waals surface area (Å²) in [5, 5.41) is 16.2. The molecule has 0 aliphatic rings. The van der Waals surface area contributed by atoms with Gasteiger partial charge in [0.2, 0.25) is 0 Å². The van der Waals surface area contributed by atoms with Crippen molar-refractivity contribution in [1.29, 1.82) is 0 Å². The number of oxime groups is 1. The van der Waals surface area contributed by atoms with E-state index < -0.39 is 0 Å². The van der Waals surface area contributed by atoms with Crippen LogP contribution in [0.4, 0.5) is 5.69 Å². The fourth-order valence-electron chi connectivity index (χ4n) is 1.64. The molecular formula is C15H14N2O3. The molecule has 0 unspecified atom stereocenters. The van der Waals surface area contributed by atoms with Crippen LogP contribution in [0.2, 0.25) is 0 Å². The first-order chi connectivity index (χ1) is 9.69. The van der Waals surface area contributed by atoms with E-state index in [1.54, 1.807) is 49.4 Å². The maximum Gasteiger partial charge on any atom is 0.142 e. The predicted molar refractivity (Wildman–Crippen MR) is 77.0 cm³/mol. The lowest BCUT2D eigenvalue weighted by Crippen LogP contribution is -1.96. The molecule has 0 aliphatic carbocycles. The van der Waals surface area contributed by atoms with Crippen molar-refractivity contribution in [1.82, 2.24) is 0 Å². The third kappa shape index (κ3) is 3.65. The van der Waals surface area contributed by atoms with Crippen molar-refractivity contribution in [3.8, 4) is 5.75 Å². The molecule has 2 aromatic rings. The topological polar surface area (TPSA) is 71.2 Å². The minimum atomic E-state index is 0.189. The number of benzene rings is 2. The molecule has 0 bridgehead atoms. The van der Waals surface area contributed by atoms with Crippen LogP contribution in [0.25, 0.3) is 0 Å². The van der Waals surface area contributed by atoms with E-state index in [2.05, 4.69) is 10.3 Å². The van der Waals surface area contributed by atoms with Crippen LogP contribution in [0, 0.1) is 4.91 Å². The Labute approximate surface area is 116 Å². The molecule has 0 atom stereocenters. The van der Waals surface area contributed by atoms with E-state index in [1.165, 1.54) is 0 Å². The van der Waals surface area contributed by atoms with Crippen LogP contribution in [-0.4, -0.2) is 10.8 Å². The first-order valence-electron chi connectivity index (χ1n) is 6.07. The maximum absolute atomic E-state index is 10.3. The van der Waals surface area contributed by atoms with Crippen molar-refractivity contribution in [2.45, 2.75) is 13.5 Å². The zero-order chi connectivity index (χ0) is 14.4. The summed E-state index contributed by atoms with van der Waals surface area (Å²) in [6.45, 7) is 2.10. The van der Waals surface area contributed by atoms with Gasteiger partial charge in [0.1, 0.15) is 18.0 Å². The van der Waals surface area contributed by atoms with Crippen LogP contribution >= 0.6 is 0 Å². The number of phenols is 1. The van der Waals surface area contributed by atoms with Crippen molar-refractivity contribution >= 4 is 11.4 Å². The SMILES string of the molecule is C/C(=N\OCc1ccc(N=O)cc1)c1cccc(O)c1. The second-order valence-corrected chi connectivity index (χ2v) is 4.26. The number of aromatic hydroxyl groups is 1. The summed E-state index contributed by atoms with van der Waals surface area (Å²) in [6, 6.07) is 13.6. The Bertz CT molecular complexity index is 621. The molecule has 102 valence electrons. The third-order valence-electron chi connectivity index (χ3n) is 2.74. The Kier molecular flexibility index (Phi) is 4.44. The van der Waals surface area contributed by atoms with Gasteiger partial charge in [0.05, 0.1) is 5.71 Å². The molecule has 0 saturated carbocycles. The lowest BCUT2D eigenvalue weighted by atomic mass is 10.1. The molecular weight excluding hydrogens is 256 g/mol. The van der Waals surface area contributed by atoms with E-state index in [0.29, 0.717) is 18.0 Å². The van der Waals surface area contributed by atoms with Crippen molar-refractivity contribution in [2.24, 2.45) is 10.3 Å². The van der Waals surface area contributed by atoms with E-state index >= 15 is 0 Å². The smallest absolute Gasteiger partial charge is 0.142 e. The van der Waals surface area contributed by atoms with Crippen LogP contribution in [0.5, 0.6) is 5.75 Å². The lowest BCUT2D eigenvalue weighted by molar-refractivity contribution is 0.130. The molecule has 0 amide bonds.